The average molecular weight is 609 g/mol. The van der Waals surface area contributed by atoms with Crippen molar-refractivity contribution in [1.29, 1.82) is 0 Å². The van der Waals surface area contributed by atoms with E-state index in [0.717, 1.165) is 33.4 Å². The number of carbonyl (C=O) groups is 3. The van der Waals surface area contributed by atoms with Crippen LogP contribution in [-0.2, 0) is 48.9 Å². The van der Waals surface area contributed by atoms with Crippen molar-refractivity contribution in [3.8, 4) is 11.5 Å². The molecule has 0 aromatic heterocycles. The summed E-state index contributed by atoms with van der Waals surface area (Å²) in [6.07, 6.45) is 0.506. The van der Waals surface area contributed by atoms with E-state index in [2.05, 4.69) is 0 Å². The van der Waals surface area contributed by atoms with Crippen molar-refractivity contribution in [2.45, 2.75) is 137 Å². The number of hydrogen-bond acceptors (Lipinski definition) is 6. The van der Waals surface area contributed by atoms with Gasteiger partial charge in [0.1, 0.15) is 11.5 Å². The highest BCUT2D eigenvalue weighted by atomic mass is 16.3. The molecule has 7 heteroatoms. The van der Waals surface area contributed by atoms with Crippen molar-refractivity contribution in [2.24, 2.45) is 11.3 Å². The molecule has 0 atom stereocenters. The molecule has 0 aliphatic heterocycles. The van der Waals surface area contributed by atoms with Gasteiger partial charge in [0, 0.05) is 12.8 Å². The van der Waals surface area contributed by atoms with Gasteiger partial charge in [-0.15, -0.1) is 0 Å². The Balaban J connectivity index is 2.42. The lowest BCUT2D eigenvalue weighted by molar-refractivity contribution is -0.149. The molecular formula is C37H56N2O5. The summed E-state index contributed by atoms with van der Waals surface area (Å²) in [6, 6.07) is 7.63. The number of hydrogen-bond donors (Lipinski definition) is 4. The summed E-state index contributed by atoms with van der Waals surface area (Å²) in [4.78, 5) is 40.5. The van der Waals surface area contributed by atoms with Gasteiger partial charge < -0.3 is 10.2 Å². The third kappa shape index (κ3) is 8.09. The van der Waals surface area contributed by atoms with Crippen molar-refractivity contribution < 1.29 is 24.6 Å². The van der Waals surface area contributed by atoms with E-state index in [1.165, 1.54) is 6.92 Å². The second-order valence-electron chi connectivity index (χ2n) is 16.5. The molecule has 0 spiro atoms. The molecule has 2 rings (SSSR count). The second-order valence-corrected chi connectivity index (χ2v) is 16.5. The lowest BCUT2D eigenvalue weighted by Crippen LogP contribution is -2.52. The van der Waals surface area contributed by atoms with Crippen LogP contribution < -0.4 is 11.3 Å². The molecule has 0 aliphatic carbocycles. The van der Waals surface area contributed by atoms with Gasteiger partial charge in [-0.25, -0.2) is 5.84 Å². The van der Waals surface area contributed by atoms with E-state index < -0.39 is 22.9 Å². The van der Waals surface area contributed by atoms with Gasteiger partial charge >= 0.3 is 0 Å². The average Bonchev–Trinajstić information content (AvgIpc) is 2.87. The fourth-order valence-corrected chi connectivity index (χ4v) is 5.53. The van der Waals surface area contributed by atoms with Crippen LogP contribution in [0.1, 0.15) is 136 Å². The maximum absolute atomic E-state index is 13.7. The maximum atomic E-state index is 13.7. The molecule has 0 unspecified atom stereocenters. The predicted octanol–water partition coefficient (Wildman–Crippen LogP) is 6.99. The lowest BCUT2D eigenvalue weighted by Gasteiger charge is -2.29. The minimum Gasteiger partial charge on any atom is -0.507 e. The third-order valence-corrected chi connectivity index (χ3v) is 8.55. The number of benzene rings is 2. The van der Waals surface area contributed by atoms with E-state index in [0.29, 0.717) is 12.8 Å². The molecule has 2 aromatic carbocycles. The smallest absolute Gasteiger partial charge is 0.254 e. The molecule has 0 fully saturated rings. The van der Waals surface area contributed by atoms with Crippen LogP contribution in [0, 0.1) is 5.41 Å². The molecule has 0 radical (unpaired) electrons. The van der Waals surface area contributed by atoms with E-state index in [1.807, 2.05) is 113 Å². The van der Waals surface area contributed by atoms with Crippen molar-refractivity contribution >= 4 is 17.5 Å². The van der Waals surface area contributed by atoms with Crippen molar-refractivity contribution in [1.82, 2.24) is 5.43 Å². The number of hydrazine groups is 1. The van der Waals surface area contributed by atoms with Crippen LogP contribution in [-0.4, -0.2) is 27.7 Å². The Bertz CT molecular complexity index is 1240. The van der Waals surface area contributed by atoms with Gasteiger partial charge in [-0.1, -0.05) is 107 Å². The summed E-state index contributed by atoms with van der Waals surface area (Å²) in [7, 11) is 0. The maximum Gasteiger partial charge on any atom is 0.254 e. The minimum absolute atomic E-state index is 0.0465. The Labute approximate surface area is 265 Å². The number of aromatic hydroxyl groups is 2. The number of carbonyl (C=O) groups excluding carboxylic acids is 3. The number of nitrogens with two attached hydrogens (primary N) is 1. The molecule has 0 aliphatic rings. The standard InChI is InChI=1S/C37H56N2O5/c1-33(2,3)24-18-22(19-25(30(24)42)34(4,5)6)14-16-28(40)37(13,32(44)39-38)29(41)17-15-23-20-26(35(7,8)9)31(43)27(21-23)36(10,11)12/h18-21,42-43H,14-17,38H2,1-13H3,(H,39,44). The van der Waals surface area contributed by atoms with Crippen LogP contribution in [0.2, 0.25) is 0 Å². The summed E-state index contributed by atoms with van der Waals surface area (Å²) < 4.78 is 0. The first kappa shape index (κ1) is 37.0. The topological polar surface area (TPSA) is 130 Å². The zero-order valence-corrected chi connectivity index (χ0v) is 29.3. The Morgan fingerprint density at radius 2 is 0.818 bits per heavy atom. The molecule has 44 heavy (non-hydrogen) atoms. The van der Waals surface area contributed by atoms with E-state index >= 15 is 0 Å². The van der Waals surface area contributed by atoms with Gasteiger partial charge in [-0.2, -0.15) is 0 Å². The van der Waals surface area contributed by atoms with Gasteiger partial charge in [0.05, 0.1) is 0 Å². The summed E-state index contributed by atoms with van der Waals surface area (Å²) in [5.41, 5.74) is 3.59. The first-order valence-electron chi connectivity index (χ1n) is 15.6. The zero-order chi connectivity index (χ0) is 34.2. The van der Waals surface area contributed by atoms with Crippen LogP contribution in [0.3, 0.4) is 0 Å². The van der Waals surface area contributed by atoms with Gasteiger partial charge in [-0.05, 0) is 74.8 Å². The Hall–Kier alpha value is -3.19. The molecule has 5 N–H and O–H groups in total. The third-order valence-electron chi connectivity index (χ3n) is 8.55. The van der Waals surface area contributed by atoms with Crippen LogP contribution in [0.4, 0.5) is 0 Å². The number of Topliss-reactive ketones (excluding diaryl/α,β-unsaturated/α-hetero) is 2. The van der Waals surface area contributed by atoms with Gasteiger partial charge in [-0.3, -0.25) is 19.8 Å². The fraction of sp³-hybridized carbons (Fsp3) is 0.595. The SMILES string of the molecule is CC(C(=O)CCc1cc(C(C)(C)C)c(O)c(C(C)(C)C)c1)(C(=O)CCc1cc(C(C)(C)C)c(O)c(C(C)(C)C)c1)C(=O)NN. The van der Waals surface area contributed by atoms with E-state index in [4.69, 9.17) is 5.84 Å². The van der Waals surface area contributed by atoms with Crippen LogP contribution in [0.25, 0.3) is 0 Å². The van der Waals surface area contributed by atoms with Crippen LogP contribution >= 0.6 is 0 Å². The molecule has 1 amide bonds. The number of phenols is 2. The molecule has 0 saturated carbocycles. The highest BCUT2D eigenvalue weighted by Gasteiger charge is 2.46. The first-order valence-corrected chi connectivity index (χ1v) is 15.6. The highest BCUT2D eigenvalue weighted by Crippen LogP contribution is 2.41. The van der Waals surface area contributed by atoms with Gasteiger partial charge in [0.25, 0.3) is 5.91 Å². The molecule has 0 heterocycles. The Morgan fingerprint density at radius 3 is 1.02 bits per heavy atom. The molecule has 0 bridgehead atoms. The normalized spacial score (nSPS) is 13.1. The van der Waals surface area contributed by atoms with Crippen molar-refractivity contribution in [2.75, 3.05) is 0 Å². The summed E-state index contributed by atoms with van der Waals surface area (Å²) >= 11 is 0. The second kappa shape index (κ2) is 12.7. The number of amides is 1. The van der Waals surface area contributed by atoms with E-state index in [9.17, 15) is 24.6 Å². The van der Waals surface area contributed by atoms with Crippen LogP contribution in [0.5, 0.6) is 11.5 Å². The Kier molecular flexibility index (Phi) is 10.6. The molecular weight excluding hydrogens is 552 g/mol. The van der Waals surface area contributed by atoms with Crippen LogP contribution in [0.15, 0.2) is 24.3 Å². The molecule has 0 saturated heterocycles. The summed E-state index contributed by atoms with van der Waals surface area (Å²) in [5, 5.41) is 22.1. The Morgan fingerprint density at radius 1 is 0.568 bits per heavy atom. The van der Waals surface area contributed by atoms with E-state index in [-0.39, 0.29) is 46.0 Å². The minimum atomic E-state index is -1.96. The number of phenolic OH excluding ortho intramolecular Hbond substituents is 2. The number of nitrogens with one attached hydrogen (secondary N) is 1. The molecule has 7 nitrogen and oxygen atoms in total. The highest BCUT2D eigenvalue weighted by molar-refractivity contribution is 6.23. The monoisotopic (exact) mass is 608 g/mol. The summed E-state index contributed by atoms with van der Waals surface area (Å²) in [6.45, 7) is 25.6. The van der Waals surface area contributed by atoms with Gasteiger partial charge in [0.2, 0.25) is 0 Å². The van der Waals surface area contributed by atoms with Gasteiger partial charge in [0.15, 0.2) is 17.0 Å². The predicted molar refractivity (Wildman–Crippen MR) is 178 cm³/mol. The fourth-order valence-electron chi connectivity index (χ4n) is 5.53. The molecule has 244 valence electrons. The number of rotatable bonds is 9. The van der Waals surface area contributed by atoms with Crippen molar-refractivity contribution in [3.63, 3.8) is 0 Å². The quantitative estimate of drug-likeness (QED) is 0.105. The lowest BCUT2D eigenvalue weighted by atomic mass is 9.75. The van der Waals surface area contributed by atoms with E-state index in [1.54, 1.807) is 0 Å². The molecule has 2 aromatic rings. The summed E-state index contributed by atoms with van der Waals surface area (Å²) in [5.74, 6) is 4.14. The first-order chi connectivity index (χ1) is 19.8. The zero-order valence-electron chi connectivity index (χ0n) is 29.3. The van der Waals surface area contributed by atoms with Crippen molar-refractivity contribution in [3.05, 3.63) is 57.6 Å². The number of aryl methyl sites for hydroxylation is 2. The number of ketones is 2. The largest absolute Gasteiger partial charge is 0.507 e.